The minimum absolute atomic E-state index is 0.117. The number of halogens is 2. The van der Waals surface area contributed by atoms with Gasteiger partial charge in [0.15, 0.2) is 11.6 Å². The molecule has 1 unspecified atom stereocenters. The second-order valence-electron chi connectivity index (χ2n) is 9.36. The van der Waals surface area contributed by atoms with Crippen molar-refractivity contribution in [3.63, 3.8) is 0 Å². The zero-order valence-corrected chi connectivity index (χ0v) is 20.9. The molecule has 0 spiro atoms. The van der Waals surface area contributed by atoms with Gasteiger partial charge in [-0.05, 0) is 62.7 Å². The first-order valence-corrected chi connectivity index (χ1v) is 12.0. The summed E-state index contributed by atoms with van der Waals surface area (Å²) in [6.07, 6.45) is 1.87. The van der Waals surface area contributed by atoms with E-state index in [-0.39, 0.29) is 23.6 Å². The van der Waals surface area contributed by atoms with Gasteiger partial charge >= 0.3 is 6.09 Å². The van der Waals surface area contributed by atoms with Crippen LogP contribution in [0.3, 0.4) is 0 Å². The van der Waals surface area contributed by atoms with E-state index in [1.54, 1.807) is 32.2 Å². The van der Waals surface area contributed by atoms with E-state index in [9.17, 15) is 13.6 Å². The Bertz CT molecular complexity index is 1430. The van der Waals surface area contributed by atoms with Crippen LogP contribution >= 0.6 is 0 Å². The van der Waals surface area contributed by atoms with E-state index in [0.717, 1.165) is 11.8 Å². The van der Waals surface area contributed by atoms with Crippen molar-refractivity contribution >= 4 is 17.9 Å². The maximum Gasteiger partial charge on any atom is 0.416 e. The predicted molar refractivity (Wildman–Crippen MR) is 137 cm³/mol. The largest absolute Gasteiger partial charge is 0.456 e. The molecule has 8 nitrogen and oxygen atoms in total. The summed E-state index contributed by atoms with van der Waals surface area (Å²) in [6.45, 7) is 5.39. The fraction of sp³-hybridized carbons (Fsp3) is 0.214. The molecule has 0 radical (unpaired) electrons. The van der Waals surface area contributed by atoms with Gasteiger partial charge in [0.25, 0.3) is 0 Å². The Morgan fingerprint density at radius 3 is 2.37 bits per heavy atom. The number of hydrogen-bond acceptors (Lipinski definition) is 7. The molecular formula is C28H25F2N5O3. The molecule has 1 fully saturated rings. The maximum atomic E-state index is 15.0. The van der Waals surface area contributed by atoms with Crippen molar-refractivity contribution < 1.29 is 23.0 Å². The van der Waals surface area contributed by atoms with E-state index in [1.807, 2.05) is 37.3 Å². The molecule has 1 N–H and O–H groups in total. The molecule has 1 aliphatic heterocycles. The summed E-state index contributed by atoms with van der Waals surface area (Å²) in [4.78, 5) is 26.9. The van der Waals surface area contributed by atoms with E-state index in [2.05, 4.69) is 20.3 Å². The Hall–Kier alpha value is -4.60. The predicted octanol–water partition coefficient (Wildman–Crippen LogP) is 6.59. The number of carbonyl (C=O) groups excluding carboxylic acids is 1. The number of benzene rings is 2. The lowest BCUT2D eigenvalue weighted by Gasteiger charge is -2.29. The molecule has 2 aromatic carbocycles. The van der Waals surface area contributed by atoms with Crippen LogP contribution in [-0.2, 0) is 4.74 Å². The van der Waals surface area contributed by atoms with Gasteiger partial charge in [0.05, 0.1) is 24.1 Å². The lowest BCUT2D eigenvalue weighted by Crippen LogP contribution is -2.35. The number of rotatable bonds is 7. The van der Waals surface area contributed by atoms with Crippen LogP contribution in [0.15, 0.2) is 79.1 Å². The van der Waals surface area contributed by atoms with Gasteiger partial charge in [-0.1, -0.05) is 30.3 Å². The molecule has 0 saturated carbocycles. The summed E-state index contributed by atoms with van der Waals surface area (Å²) in [7, 11) is 0. The van der Waals surface area contributed by atoms with Gasteiger partial charge in [0, 0.05) is 0 Å². The van der Waals surface area contributed by atoms with E-state index < -0.39 is 23.6 Å². The van der Waals surface area contributed by atoms with Crippen LogP contribution in [-0.4, -0.2) is 26.6 Å². The van der Waals surface area contributed by atoms with E-state index in [0.29, 0.717) is 17.2 Å². The number of hydrogen-bond donors (Lipinski definition) is 1. The van der Waals surface area contributed by atoms with E-state index >= 15 is 0 Å². The first-order chi connectivity index (χ1) is 18.2. The first-order valence-electron chi connectivity index (χ1n) is 12.0. The summed E-state index contributed by atoms with van der Waals surface area (Å²) < 4.78 is 39.4. The molecule has 5 rings (SSSR count). The van der Waals surface area contributed by atoms with E-state index in [1.165, 1.54) is 29.2 Å². The van der Waals surface area contributed by atoms with Crippen LogP contribution in [0.1, 0.15) is 44.1 Å². The standard InChI is InChI=1S/C28H25F2N5O3/c1-17(23-14-13-21(15-31-23)37-20-11-9-19(29)10-12-20)33-26-32-16-22(30)25(34-26)35-24(18-7-5-4-6-8-18)28(2,3)38-27(35)36/h4-17,24H,1-3H3,(H,32,33,34)/t17?,24-/m1/s1. The zero-order valence-electron chi connectivity index (χ0n) is 20.9. The van der Waals surface area contributed by atoms with Gasteiger partial charge in [-0.25, -0.2) is 23.5 Å². The highest BCUT2D eigenvalue weighted by Gasteiger charge is 2.50. The van der Waals surface area contributed by atoms with Crippen LogP contribution in [0.25, 0.3) is 0 Å². The average molecular weight is 518 g/mol. The van der Waals surface area contributed by atoms with Gasteiger partial charge in [-0.2, -0.15) is 4.98 Å². The van der Waals surface area contributed by atoms with Crippen molar-refractivity contribution in [2.45, 2.75) is 38.5 Å². The number of ether oxygens (including phenoxy) is 2. The van der Waals surface area contributed by atoms with Crippen LogP contribution in [0.5, 0.6) is 11.5 Å². The number of cyclic esters (lactones) is 1. The highest BCUT2D eigenvalue weighted by molar-refractivity contribution is 5.90. The van der Waals surface area contributed by atoms with Gasteiger partial charge in [0.2, 0.25) is 5.95 Å². The van der Waals surface area contributed by atoms with Crippen LogP contribution in [0.4, 0.5) is 25.3 Å². The first kappa shape index (κ1) is 25.1. The third-order valence-electron chi connectivity index (χ3n) is 6.13. The monoisotopic (exact) mass is 517 g/mol. The summed E-state index contributed by atoms with van der Waals surface area (Å²) in [5.74, 6) is -0.203. The normalized spacial score (nSPS) is 17.1. The Morgan fingerprint density at radius 1 is 0.974 bits per heavy atom. The Labute approximate surface area is 218 Å². The van der Waals surface area contributed by atoms with Crippen molar-refractivity contribution in [3.8, 4) is 11.5 Å². The SMILES string of the molecule is CC(Nc1ncc(F)c(N2C(=O)OC(C)(C)[C@H]2c2ccccc2)n1)c1ccc(Oc2ccc(F)cc2)cn1. The number of aromatic nitrogens is 3. The van der Waals surface area contributed by atoms with Gasteiger partial charge in [0.1, 0.15) is 29.0 Å². The minimum Gasteiger partial charge on any atom is -0.456 e. The number of amides is 1. The number of nitrogens with one attached hydrogen (secondary N) is 1. The van der Waals surface area contributed by atoms with Crippen LogP contribution in [0.2, 0.25) is 0 Å². The molecule has 38 heavy (non-hydrogen) atoms. The number of carbonyl (C=O) groups is 1. The third-order valence-corrected chi connectivity index (χ3v) is 6.13. The van der Waals surface area contributed by atoms with Gasteiger partial charge < -0.3 is 14.8 Å². The zero-order chi connectivity index (χ0) is 26.9. The van der Waals surface area contributed by atoms with E-state index in [4.69, 9.17) is 9.47 Å². The van der Waals surface area contributed by atoms with Crippen molar-refractivity contribution in [2.75, 3.05) is 10.2 Å². The highest BCUT2D eigenvalue weighted by atomic mass is 19.1. The molecule has 0 aliphatic carbocycles. The van der Waals surface area contributed by atoms with Crippen molar-refractivity contribution in [2.24, 2.45) is 0 Å². The summed E-state index contributed by atoms with van der Waals surface area (Å²) in [5.41, 5.74) is 0.518. The van der Waals surface area contributed by atoms with Crippen molar-refractivity contribution in [3.05, 3.63) is 102 Å². The van der Waals surface area contributed by atoms with Gasteiger partial charge in [-0.3, -0.25) is 4.98 Å². The molecular weight excluding hydrogens is 492 g/mol. The molecule has 3 heterocycles. The van der Waals surface area contributed by atoms with Crippen LogP contribution in [0, 0.1) is 11.6 Å². The lowest BCUT2D eigenvalue weighted by molar-refractivity contribution is 0.0685. The molecule has 194 valence electrons. The highest BCUT2D eigenvalue weighted by Crippen LogP contribution is 2.43. The van der Waals surface area contributed by atoms with Crippen molar-refractivity contribution in [1.29, 1.82) is 0 Å². The second kappa shape index (κ2) is 10.0. The Kier molecular flexibility index (Phi) is 6.62. The topological polar surface area (TPSA) is 89.5 Å². The molecule has 1 saturated heterocycles. The molecule has 4 aromatic rings. The average Bonchev–Trinajstić information content (AvgIpc) is 3.15. The molecule has 1 amide bonds. The summed E-state index contributed by atoms with van der Waals surface area (Å²) in [6, 6.07) is 17.5. The summed E-state index contributed by atoms with van der Waals surface area (Å²) >= 11 is 0. The smallest absolute Gasteiger partial charge is 0.416 e. The number of anilines is 2. The van der Waals surface area contributed by atoms with Gasteiger partial charge in [-0.15, -0.1) is 0 Å². The number of nitrogens with zero attached hydrogens (tertiary/aromatic N) is 4. The molecule has 0 bridgehead atoms. The Morgan fingerprint density at radius 2 is 1.68 bits per heavy atom. The lowest BCUT2D eigenvalue weighted by atomic mass is 9.91. The molecule has 2 aromatic heterocycles. The molecule has 2 atom stereocenters. The molecule has 1 aliphatic rings. The maximum absolute atomic E-state index is 15.0. The fourth-order valence-corrected chi connectivity index (χ4v) is 4.35. The third kappa shape index (κ3) is 5.10. The minimum atomic E-state index is -0.918. The van der Waals surface area contributed by atoms with Crippen molar-refractivity contribution in [1.82, 2.24) is 15.0 Å². The quantitative estimate of drug-likeness (QED) is 0.296. The second-order valence-corrected chi connectivity index (χ2v) is 9.36. The Balaban J connectivity index is 1.35. The molecule has 10 heteroatoms. The fourth-order valence-electron chi connectivity index (χ4n) is 4.35. The number of pyridine rings is 1. The van der Waals surface area contributed by atoms with Crippen LogP contribution < -0.4 is 15.0 Å². The summed E-state index contributed by atoms with van der Waals surface area (Å²) in [5, 5.41) is 3.10.